The van der Waals surface area contributed by atoms with Crippen LogP contribution >= 0.6 is 0 Å². The minimum absolute atomic E-state index is 0.242. The molecule has 3 aliphatic rings. The number of unbranched alkanes of at least 4 members (excludes halogenated alkanes) is 31. The predicted octanol–water partition coefficient (Wildman–Crippen LogP) is 10.7. The Bertz CT molecular complexity index is 1920. The van der Waals surface area contributed by atoms with Crippen LogP contribution in [0.5, 0.6) is 0 Å². The third-order valence-electron chi connectivity index (χ3n) is 18.4. The second-order valence-electron chi connectivity index (χ2n) is 26.4. The van der Waals surface area contributed by atoms with E-state index in [4.69, 9.17) is 28.4 Å². The summed E-state index contributed by atoms with van der Waals surface area (Å²) in [5, 5.41) is 120. The lowest BCUT2D eigenvalue weighted by Crippen LogP contribution is -2.66. The Hall–Kier alpha value is -2.51. The van der Waals surface area contributed by atoms with Gasteiger partial charge in [0.2, 0.25) is 5.91 Å². The number of allylic oxidation sites excluding steroid dienone is 10. The summed E-state index contributed by atoms with van der Waals surface area (Å²) in [4.78, 5) is 13.4. The van der Waals surface area contributed by atoms with Crippen molar-refractivity contribution in [3.63, 3.8) is 0 Å². The van der Waals surface area contributed by atoms with Crippen LogP contribution in [0.15, 0.2) is 60.8 Å². The average molecular weight is 1320 g/mol. The third kappa shape index (κ3) is 36.8. The first kappa shape index (κ1) is 84.7. The summed E-state index contributed by atoms with van der Waals surface area (Å²) in [5.74, 6) is -0.242. The highest BCUT2D eigenvalue weighted by Gasteiger charge is 2.53. The Morgan fingerprint density at radius 2 is 0.742 bits per heavy atom. The molecule has 0 aromatic carbocycles. The molecule has 12 N–H and O–H groups in total. The first-order chi connectivity index (χ1) is 45.3. The Balaban J connectivity index is 1.26. The molecule has 0 aromatic rings. The SMILES string of the molecule is CC/C=C\C/C=C\C/C=C\C/C=C\C/C=C\CCCCCCCCCCCCCCCCCCCCCCCCCC(=O)NC(COC1OC(CO)C(OC2OC(CO)C(OC3OC(CO)C(O)C(O)C3O)C(O)C2O)C(O)C1O)C(O)CCCCCCCCCCC. The number of hydrogen-bond acceptors (Lipinski definition) is 18. The van der Waals surface area contributed by atoms with Gasteiger partial charge < -0.3 is 89.9 Å². The maximum atomic E-state index is 13.4. The smallest absolute Gasteiger partial charge is 0.220 e. The highest BCUT2D eigenvalue weighted by atomic mass is 16.8. The molecular weight excluding hydrogens is 1190 g/mol. The quantitative estimate of drug-likeness (QED) is 0.0199. The van der Waals surface area contributed by atoms with E-state index >= 15 is 0 Å². The molecule has 3 fully saturated rings. The van der Waals surface area contributed by atoms with Crippen molar-refractivity contribution in [2.75, 3.05) is 26.4 Å². The van der Waals surface area contributed by atoms with E-state index in [9.17, 15) is 61.0 Å². The summed E-state index contributed by atoms with van der Waals surface area (Å²) in [6.07, 6.45) is 42.2. The Labute approximate surface area is 560 Å². The second kappa shape index (κ2) is 55.4. The van der Waals surface area contributed by atoms with Crippen molar-refractivity contribution >= 4 is 5.91 Å². The maximum absolute atomic E-state index is 13.4. The van der Waals surface area contributed by atoms with Crippen molar-refractivity contribution < 1.29 is 89.4 Å². The van der Waals surface area contributed by atoms with Gasteiger partial charge in [-0.1, -0.05) is 267 Å². The number of carbonyl (C=O) groups is 1. The van der Waals surface area contributed by atoms with Crippen LogP contribution in [0.4, 0.5) is 0 Å². The van der Waals surface area contributed by atoms with Gasteiger partial charge in [-0.15, -0.1) is 0 Å². The van der Waals surface area contributed by atoms with Gasteiger partial charge in [-0.25, -0.2) is 0 Å². The van der Waals surface area contributed by atoms with Crippen molar-refractivity contribution in [3.05, 3.63) is 60.8 Å². The van der Waals surface area contributed by atoms with Crippen LogP contribution in [-0.2, 0) is 33.2 Å². The van der Waals surface area contributed by atoms with Gasteiger partial charge in [-0.3, -0.25) is 4.79 Å². The lowest BCUT2D eigenvalue weighted by molar-refractivity contribution is -0.379. The van der Waals surface area contributed by atoms with Gasteiger partial charge in [-0.05, 0) is 57.8 Å². The molecule has 0 radical (unpaired) electrons. The molecule has 0 bridgehead atoms. The van der Waals surface area contributed by atoms with E-state index < -0.39 is 124 Å². The summed E-state index contributed by atoms with van der Waals surface area (Å²) in [7, 11) is 0. The van der Waals surface area contributed by atoms with E-state index in [0.717, 1.165) is 77.0 Å². The number of hydrogen-bond donors (Lipinski definition) is 12. The van der Waals surface area contributed by atoms with Crippen LogP contribution in [0, 0.1) is 0 Å². The van der Waals surface area contributed by atoms with Gasteiger partial charge in [-0.2, -0.15) is 0 Å². The molecule has 0 saturated carbocycles. The molecule has 1 amide bonds. The molecule has 3 heterocycles. The third-order valence-corrected chi connectivity index (χ3v) is 18.4. The number of aliphatic hydroxyl groups excluding tert-OH is 11. The van der Waals surface area contributed by atoms with Crippen LogP contribution in [0.3, 0.4) is 0 Å². The average Bonchev–Trinajstić information content (AvgIpc) is 0.828. The molecule has 93 heavy (non-hydrogen) atoms. The standard InChI is InChI=1S/C74H133NO18/c1-3-5-7-9-11-13-14-15-16-17-18-19-20-21-22-23-24-25-26-27-28-29-30-31-32-33-34-35-36-37-38-39-40-41-42-44-46-48-50-52-62(80)75-57(58(79)51-49-47-45-43-12-10-8-6-4-2)56-88-72-68(86)65(83)70(60(54-77)90-72)93-74-69(87)66(84)71(61(55-78)91-74)92-73-67(85)64(82)63(81)59(53-76)89-73/h5,7,11,13,15-16,18-19,21-22,57-61,63-74,76-79,81-87H,3-4,6,8-10,12,14,17,20,23-56H2,1-2H3,(H,75,80)/b7-5-,13-11-,16-15-,19-18-,22-21-. The largest absolute Gasteiger partial charge is 0.394 e. The van der Waals surface area contributed by atoms with Gasteiger partial charge in [0.15, 0.2) is 18.9 Å². The molecule has 3 aliphatic heterocycles. The van der Waals surface area contributed by atoms with Crippen molar-refractivity contribution in [3.8, 4) is 0 Å². The molecule has 19 nitrogen and oxygen atoms in total. The molecule has 0 aliphatic carbocycles. The molecule has 0 spiro atoms. The molecule has 3 saturated heterocycles. The second-order valence-corrected chi connectivity index (χ2v) is 26.4. The molecule has 19 heteroatoms. The Kier molecular flexibility index (Phi) is 50.4. The van der Waals surface area contributed by atoms with E-state index in [1.807, 2.05) is 0 Å². The zero-order valence-corrected chi connectivity index (χ0v) is 57.5. The zero-order chi connectivity index (χ0) is 67.5. The normalized spacial score (nSPS) is 27.9. The van der Waals surface area contributed by atoms with Crippen LogP contribution in [-0.4, -0.2) is 193 Å². The van der Waals surface area contributed by atoms with Crippen molar-refractivity contribution in [2.24, 2.45) is 0 Å². The number of aliphatic hydroxyl groups is 11. The van der Waals surface area contributed by atoms with Gasteiger partial charge >= 0.3 is 0 Å². The molecule has 3 rings (SSSR count). The van der Waals surface area contributed by atoms with E-state index in [0.29, 0.717) is 12.8 Å². The van der Waals surface area contributed by atoms with Crippen LogP contribution in [0.25, 0.3) is 0 Å². The van der Waals surface area contributed by atoms with E-state index in [1.54, 1.807) is 0 Å². The highest BCUT2D eigenvalue weighted by molar-refractivity contribution is 5.76. The van der Waals surface area contributed by atoms with E-state index in [2.05, 4.69) is 79.9 Å². The van der Waals surface area contributed by atoms with Gasteiger partial charge in [0, 0.05) is 6.42 Å². The minimum atomic E-state index is -1.97. The fourth-order valence-corrected chi connectivity index (χ4v) is 12.4. The van der Waals surface area contributed by atoms with Crippen LogP contribution in [0.1, 0.15) is 271 Å². The topological polar surface area (TPSA) is 307 Å². The van der Waals surface area contributed by atoms with Crippen LogP contribution in [0.2, 0.25) is 0 Å². The monoisotopic (exact) mass is 1320 g/mol. The molecule has 17 unspecified atom stereocenters. The summed E-state index contributed by atoms with van der Waals surface area (Å²) < 4.78 is 34.3. The number of rotatable bonds is 57. The number of carbonyl (C=O) groups excluding carboxylic acids is 1. The molecule has 542 valence electrons. The fraction of sp³-hybridized carbons (Fsp3) is 0.851. The first-order valence-corrected chi connectivity index (χ1v) is 37.0. The van der Waals surface area contributed by atoms with Crippen molar-refractivity contribution in [2.45, 2.75) is 375 Å². The summed E-state index contributed by atoms with van der Waals surface area (Å²) >= 11 is 0. The zero-order valence-electron chi connectivity index (χ0n) is 57.5. The summed E-state index contributed by atoms with van der Waals surface area (Å²) in [6, 6.07) is -0.884. The van der Waals surface area contributed by atoms with Gasteiger partial charge in [0.05, 0.1) is 38.6 Å². The van der Waals surface area contributed by atoms with Crippen molar-refractivity contribution in [1.82, 2.24) is 5.32 Å². The van der Waals surface area contributed by atoms with E-state index in [1.165, 1.54) is 161 Å². The van der Waals surface area contributed by atoms with Crippen molar-refractivity contribution in [1.29, 1.82) is 0 Å². The Morgan fingerprint density at radius 1 is 0.398 bits per heavy atom. The van der Waals surface area contributed by atoms with Gasteiger partial charge in [0.1, 0.15) is 73.2 Å². The lowest BCUT2D eigenvalue weighted by Gasteiger charge is -2.48. The van der Waals surface area contributed by atoms with E-state index in [-0.39, 0.29) is 18.9 Å². The number of amides is 1. The predicted molar refractivity (Wildman–Crippen MR) is 365 cm³/mol. The Morgan fingerprint density at radius 3 is 1.16 bits per heavy atom. The fourth-order valence-electron chi connectivity index (χ4n) is 12.4. The summed E-state index contributed by atoms with van der Waals surface area (Å²) in [6.45, 7) is 1.66. The lowest BCUT2D eigenvalue weighted by atomic mass is 9.96. The highest BCUT2D eigenvalue weighted by Crippen LogP contribution is 2.33. The first-order valence-electron chi connectivity index (χ1n) is 37.0. The molecular formula is C74H133NO18. The van der Waals surface area contributed by atoms with Crippen LogP contribution < -0.4 is 5.32 Å². The molecule has 0 aromatic heterocycles. The number of nitrogens with one attached hydrogen (secondary N) is 1. The van der Waals surface area contributed by atoms with Gasteiger partial charge in [0.25, 0.3) is 0 Å². The summed E-state index contributed by atoms with van der Waals surface area (Å²) in [5.41, 5.74) is 0. The minimum Gasteiger partial charge on any atom is -0.394 e. The maximum Gasteiger partial charge on any atom is 0.220 e. The number of ether oxygens (including phenoxy) is 6. The molecule has 17 atom stereocenters.